The van der Waals surface area contributed by atoms with E-state index in [9.17, 15) is 0 Å². The molecule has 1 aliphatic heterocycles. The van der Waals surface area contributed by atoms with Crippen LogP contribution < -0.4 is 14.7 Å². The van der Waals surface area contributed by atoms with Gasteiger partial charge in [0.15, 0.2) is 0 Å². The normalized spacial score (nSPS) is 14.4. The van der Waals surface area contributed by atoms with Crippen LogP contribution in [0.15, 0.2) is 140 Å². The van der Waals surface area contributed by atoms with E-state index in [1.54, 1.807) is 14.2 Å². The third-order valence-corrected chi connectivity index (χ3v) is 12.5. The van der Waals surface area contributed by atoms with Crippen LogP contribution in [0, 0.1) is 0 Å². The lowest BCUT2D eigenvalue weighted by molar-refractivity contribution is 0.414. The zero-order valence-corrected chi connectivity index (χ0v) is 24.1. The summed E-state index contributed by atoms with van der Waals surface area (Å²) < 4.78 is 11.1. The average molecular weight is 537 g/mol. The van der Waals surface area contributed by atoms with Crippen LogP contribution in [0.5, 0.6) is 11.5 Å². The Morgan fingerprint density at radius 1 is 0.400 bits per heavy atom. The van der Waals surface area contributed by atoms with Crippen molar-refractivity contribution in [1.29, 1.82) is 0 Å². The SMILES string of the molecule is COc1ccc(C2=C(c3ccccc3)C(c3ccccc3)=C(c3ccc(OC)cc3)[Si]2(C)c2ccccc2)cc1. The van der Waals surface area contributed by atoms with E-state index < -0.39 is 8.07 Å². The largest absolute Gasteiger partial charge is 0.497 e. The monoisotopic (exact) mass is 536 g/mol. The Kier molecular flexibility index (Phi) is 6.98. The standard InChI is InChI=1S/C37H32O2Si/c1-38-31-23-19-29(20-24-31)36-34(27-13-7-4-8-14-27)35(28-15-9-5-10-16-28)37(30-21-25-32(39-2)26-22-30)40(36,3)33-17-11-6-12-18-33/h4-26H,1-3H3. The fourth-order valence-corrected chi connectivity index (χ4v) is 10.8. The highest BCUT2D eigenvalue weighted by Crippen LogP contribution is 2.55. The van der Waals surface area contributed by atoms with E-state index in [1.807, 2.05) is 0 Å². The van der Waals surface area contributed by atoms with Gasteiger partial charge in [-0.2, -0.15) is 0 Å². The molecule has 0 saturated heterocycles. The first-order chi connectivity index (χ1) is 19.6. The molecule has 0 radical (unpaired) electrons. The third kappa shape index (κ3) is 4.39. The van der Waals surface area contributed by atoms with Gasteiger partial charge in [0.25, 0.3) is 0 Å². The second-order valence-electron chi connectivity index (χ2n) is 10.2. The molecule has 0 fully saturated rings. The second-order valence-corrected chi connectivity index (χ2v) is 14.0. The molecular formula is C37H32O2Si. The zero-order valence-electron chi connectivity index (χ0n) is 23.1. The molecule has 196 valence electrons. The van der Waals surface area contributed by atoms with E-state index in [-0.39, 0.29) is 0 Å². The Bertz CT molecular complexity index is 1560. The molecule has 6 rings (SSSR count). The maximum Gasteiger partial charge on any atom is 0.148 e. The van der Waals surface area contributed by atoms with Gasteiger partial charge in [-0.3, -0.25) is 0 Å². The average Bonchev–Trinajstić information content (AvgIpc) is 3.32. The molecule has 5 aromatic rings. The number of hydrogen-bond acceptors (Lipinski definition) is 2. The molecule has 0 spiro atoms. The maximum absolute atomic E-state index is 5.56. The van der Waals surface area contributed by atoms with Gasteiger partial charge < -0.3 is 9.47 Å². The van der Waals surface area contributed by atoms with Crippen LogP contribution in [0.2, 0.25) is 6.55 Å². The van der Waals surface area contributed by atoms with Crippen LogP contribution in [0.3, 0.4) is 0 Å². The molecule has 2 nitrogen and oxygen atoms in total. The topological polar surface area (TPSA) is 18.5 Å². The highest BCUT2D eigenvalue weighted by molar-refractivity contribution is 7.21. The maximum atomic E-state index is 5.56. The Morgan fingerprint density at radius 3 is 1.10 bits per heavy atom. The first kappa shape index (κ1) is 25.7. The zero-order chi connectivity index (χ0) is 27.5. The molecule has 0 N–H and O–H groups in total. The molecule has 0 atom stereocenters. The molecular weight excluding hydrogens is 504 g/mol. The van der Waals surface area contributed by atoms with Crippen molar-refractivity contribution in [2.24, 2.45) is 0 Å². The van der Waals surface area contributed by atoms with Crippen molar-refractivity contribution in [3.05, 3.63) is 162 Å². The summed E-state index contributed by atoms with van der Waals surface area (Å²) in [4.78, 5) is 0. The molecule has 5 aromatic carbocycles. The first-order valence-electron chi connectivity index (χ1n) is 13.6. The molecule has 0 bridgehead atoms. The number of rotatable bonds is 7. The summed E-state index contributed by atoms with van der Waals surface area (Å²) in [6, 6.07) is 50.1. The summed E-state index contributed by atoms with van der Waals surface area (Å²) in [7, 11) is 0.870. The van der Waals surface area contributed by atoms with Crippen molar-refractivity contribution >= 4 is 34.8 Å². The smallest absolute Gasteiger partial charge is 0.148 e. The Balaban J connectivity index is 1.78. The third-order valence-electron chi connectivity index (χ3n) is 7.98. The number of allylic oxidation sites excluding steroid dienone is 2. The van der Waals surface area contributed by atoms with E-state index in [1.165, 1.54) is 49.0 Å². The highest BCUT2D eigenvalue weighted by atomic mass is 28.3. The lowest BCUT2D eigenvalue weighted by Crippen LogP contribution is -2.46. The van der Waals surface area contributed by atoms with Gasteiger partial charge in [0, 0.05) is 0 Å². The van der Waals surface area contributed by atoms with Crippen molar-refractivity contribution in [2.75, 3.05) is 14.2 Å². The predicted molar refractivity (Wildman–Crippen MR) is 170 cm³/mol. The van der Waals surface area contributed by atoms with Gasteiger partial charge in [-0.25, -0.2) is 0 Å². The Morgan fingerprint density at radius 2 is 0.750 bits per heavy atom. The second kappa shape index (κ2) is 10.9. The van der Waals surface area contributed by atoms with Gasteiger partial charge in [-0.05, 0) is 73.2 Å². The predicted octanol–water partition coefficient (Wildman–Crippen LogP) is 8.30. The van der Waals surface area contributed by atoms with E-state index in [4.69, 9.17) is 9.47 Å². The summed E-state index contributed by atoms with van der Waals surface area (Å²) in [6.45, 7) is 2.51. The van der Waals surface area contributed by atoms with Crippen molar-refractivity contribution in [3.63, 3.8) is 0 Å². The summed E-state index contributed by atoms with van der Waals surface area (Å²) in [6.07, 6.45) is 0. The lowest BCUT2D eigenvalue weighted by atomic mass is 9.89. The van der Waals surface area contributed by atoms with Crippen LogP contribution in [0.4, 0.5) is 0 Å². The van der Waals surface area contributed by atoms with E-state index in [0.29, 0.717) is 0 Å². The van der Waals surface area contributed by atoms with Crippen LogP contribution in [0.1, 0.15) is 22.3 Å². The van der Waals surface area contributed by atoms with Gasteiger partial charge in [0.05, 0.1) is 14.2 Å². The summed E-state index contributed by atoms with van der Waals surface area (Å²) in [5.74, 6) is 1.72. The van der Waals surface area contributed by atoms with Crippen LogP contribution in [0.25, 0.3) is 21.5 Å². The van der Waals surface area contributed by atoms with Gasteiger partial charge in [0.1, 0.15) is 19.6 Å². The number of methoxy groups -OCH3 is 2. The van der Waals surface area contributed by atoms with Gasteiger partial charge in [-0.1, -0.05) is 122 Å². The van der Waals surface area contributed by atoms with Crippen molar-refractivity contribution in [3.8, 4) is 11.5 Å². The van der Waals surface area contributed by atoms with Gasteiger partial charge >= 0.3 is 0 Å². The lowest BCUT2D eigenvalue weighted by Gasteiger charge is -2.31. The molecule has 0 amide bonds. The molecule has 0 unspecified atom stereocenters. The van der Waals surface area contributed by atoms with Crippen LogP contribution in [-0.4, -0.2) is 22.3 Å². The Labute approximate surface area is 237 Å². The molecule has 0 aliphatic carbocycles. The van der Waals surface area contributed by atoms with Gasteiger partial charge in [-0.15, -0.1) is 0 Å². The highest BCUT2D eigenvalue weighted by Gasteiger charge is 2.48. The van der Waals surface area contributed by atoms with Crippen LogP contribution >= 0.6 is 0 Å². The quantitative estimate of drug-likeness (QED) is 0.195. The van der Waals surface area contributed by atoms with E-state index in [0.717, 1.165) is 11.5 Å². The van der Waals surface area contributed by atoms with E-state index >= 15 is 0 Å². The van der Waals surface area contributed by atoms with E-state index in [2.05, 4.69) is 146 Å². The molecule has 40 heavy (non-hydrogen) atoms. The molecule has 1 aliphatic rings. The fraction of sp³-hybridized carbons (Fsp3) is 0.0811. The molecule has 0 saturated carbocycles. The minimum absolute atomic E-state index is 0.860. The Hall–Kier alpha value is -4.60. The minimum Gasteiger partial charge on any atom is -0.497 e. The summed E-state index contributed by atoms with van der Waals surface area (Å²) in [5.41, 5.74) is 7.53. The minimum atomic E-state index is -2.57. The number of ether oxygens (including phenoxy) is 2. The van der Waals surface area contributed by atoms with Crippen molar-refractivity contribution < 1.29 is 9.47 Å². The summed E-state index contributed by atoms with van der Waals surface area (Å²) in [5, 5.41) is 4.21. The number of hydrogen-bond donors (Lipinski definition) is 0. The first-order valence-corrected chi connectivity index (χ1v) is 16.1. The van der Waals surface area contributed by atoms with Crippen molar-refractivity contribution in [1.82, 2.24) is 0 Å². The molecule has 3 heteroatoms. The van der Waals surface area contributed by atoms with Crippen molar-refractivity contribution in [2.45, 2.75) is 6.55 Å². The summed E-state index contributed by atoms with van der Waals surface area (Å²) >= 11 is 0. The molecule has 0 aromatic heterocycles. The molecule has 1 heterocycles. The number of benzene rings is 5. The fourth-order valence-electron chi connectivity index (χ4n) is 6.10. The van der Waals surface area contributed by atoms with Crippen LogP contribution in [-0.2, 0) is 0 Å². The van der Waals surface area contributed by atoms with Gasteiger partial charge in [0.2, 0.25) is 0 Å².